The van der Waals surface area contributed by atoms with E-state index in [1.54, 1.807) is 37.4 Å². The van der Waals surface area contributed by atoms with Crippen molar-refractivity contribution in [2.45, 2.75) is 133 Å². The van der Waals surface area contributed by atoms with Gasteiger partial charge in [0.05, 0.1) is 38.4 Å². The van der Waals surface area contributed by atoms with Crippen molar-refractivity contribution < 1.29 is 66.2 Å². The van der Waals surface area contributed by atoms with Gasteiger partial charge in [-0.25, -0.2) is 4.79 Å². The maximum atomic E-state index is 13.9. The standard InChI is InChI=1S/C47H64O14Si/c1-31(48)25-26-37(49)59-38-36(30-56-62(8,9)47(2,3)4)58-46(43(41(38)52-6)60-44(50)34-23-17-12-18-24-34)61-39-35(29-54-27-32-19-13-10-14-20-32)57-45(53-7)42(40(39)51-5)55-28-33-21-15-11-16-22-33/h10-24,35-36,38-43,45-46H,25-30H2,1-9H3/t35-,36+,38-,39-,40+,41+,42-,43-,45+,46+/m1/s1. The molecule has 0 unspecified atom stereocenters. The molecule has 15 heteroatoms. The van der Waals surface area contributed by atoms with Crippen molar-refractivity contribution in [3.05, 3.63) is 108 Å². The summed E-state index contributed by atoms with van der Waals surface area (Å²) >= 11 is 0. The van der Waals surface area contributed by atoms with E-state index < -0.39 is 81.7 Å². The number of rotatable bonds is 21. The number of benzene rings is 3. The second kappa shape index (κ2) is 23.2. The Kier molecular flexibility index (Phi) is 18.4. The number of ketones is 1. The van der Waals surface area contributed by atoms with Crippen LogP contribution in [-0.2, 0) is 74.6 Å². The molecule has 2 saturated heterocycles. The molecule has 0 bridgehead atoms. The lowest BCUT2D eigenvalue weighted by Crippen LogP contribution is -2.67. The van der Waals surface area contributed by atoms with Crippen LogP contribution in [-0.4, -0.2) is 122 Å². The normalized spacial score (nSPS) is 26.7. The lowest BCUT2D eigenvalue weighted by Gasteiger charge is -2.49. The van der Waals surface area contributed by atoms with E-state index in [-0.39, 0.29) is 55.7 Å². The molecule has 0 aromatic heterocycles. The van der Waals surface area contributed by atoms with E-state index in [4.69, 9.17) is 51.8 Å². The second-order valence-electron chi connectivity index (χ2n) is 17.0. The van der Waals surface area contributed by atoms with Gasteiger partial charge in [0.25, 0.3) is 0 Å². The first-order valence-electron chi connectivity index (χ1n) is 21.1. The van der Waals surface area contributed by atoms with Gasteiger partial charge >= 0.3 is 11.9 Å². The average Bonchev–Trinajstić information content (AvgIpc) is 3.26. The molecule has 0 saturated carbocycles. The third-order valence-electron chi connectivity index (χ3n) is 11.5. The predicted octanol–water partition coefficient (Wildman–Crippen LogP) is 6.83. The second-order valence-corrected chi connectivity index (χ2v) is 21.9. The van der Waals surface area contributed by atoms with Crippen LogP contribution in [0.5, 0.6) is 0 Å². The zero-order chi connectivity index (χ0) is 44.9. The van der Waals surface area contributed by atoms with Crippen LogP contribution >= 0.6 is 0 Å². The Morgan fingerprint density at radius 2 is 1.16 bits per heavy atom. The van der Waals surface area contributed by atoms with Gasteiger partial charge in [-0.15, -0.1) is 0 Å². The van der Waals surface area contributed by atoms with E-state index in [1.165, 1.54) is 21.1 Å². The van der Waals surface area contributed by atoms with Crippen LogP contribution in [0.4, 0.5) is 0 Å². The Morgan fingerprint density at radius 1 is 0.613 bits per heavy atom. The average molecular weight is 881 g/mol. The van der Waals surface area contributed by atoms with E-state index in [0.717, 1.165) is 11.1 Å². The van der Waals surface area contributed by atoms with Gasteiger partial charge in [0, 0.05) is 27.8 Å². The molecule has 2 aliphatic rings. The fourth-order valence-electron chi connectivity index (χ4n) is 7.02. The summed E-state index contributed by atoms with van der Waals surface area (Å²) in [4.78, 5) is 39.2. The molecule has 0 aliphatic carbocycles. The number of methoxy groups -OCH3 is 3. The van der Waals surface area contributed by atoms with Crippen molar-refractivity contribution in [2.24, 2.45) is 0 Å². The lowest BCUT2D eigenvalue weighted by atomic mass is 9.96. The highest BCUT2D eigenvalue weighted by molar-refractivity contribution is 6.74. The quantitative estimate of drug-likeness (QED) is 0.0812. The van der Waals surface area contributed by atoms with Crippen LogP contribution in [0.2, 0.25) is 18.1 Å². The van der Waals surface area contributed by atoms with E-state index in [9.17, 15) is 14.4 Å². The summed E-state index contributed by atoms with van der Waals surface area (Å²) in [7, 11) is 2.07. The maximum absolute atomic E-state index is 13.9. The minimum atomic E-state index is -2.42. The summed E-state index contributed by atoms with van der Waals surface area (Å²) < 4.78 is 70.3. The number of Topliss-reactive ketones (excluding diaryl/α,β-unsaturated/α-hetero) is 1. The SMILES string of the molecule is CO[C@H]1O[C@H](COCc2ccccc2)[C@@H](O[C@@H]2O[C@@H](CO[Si](C)(C)C(C)(C)C)[C@@H](OC(=O)CCC(C)=O)[C@H](OC)[C@H]2OC(=O)c2ccccc2)[C@H](OC)[C@H]1OCc1ccccc1. The molecule has 0 spiro atoms. The van der Waals surface area contributed by atoms with Crippen LogP contribution in [0.1, 0.15) is 62.0 Å². The molecule has 2 heterocycles. The Hall–Kier alpha value is -3.87. The lowest BCUT2D eigenvalue weighted by molar-refractivity contribution is -0.364. The highest BCUT2D eigenvalue weighted by atomic mass is 28.4. The number of hydrogen-bond donors (Lipinski definition) is 0. The van der Waals surface area contributed by atoms with E-state index >= 15 is 0 Å². The van der Waals surface area contributed by atoms with Crippen LogP contribution in [0.15, 0.2) is 91.0 Å². The Balaban J connectivity index is 1.55. The highest BCUT2D eigenvalue weighted by Gasteiger charge is 2.56. The molecule has 62 heavy (non-hydrogen) atoms. The minimum Gasteiger partial charge on any atom is -0.457 e. The summed E-state index contributed by atoms with van der Waals surface area (Å²) in [6.45, 7) is 12.4. The van der Waals surface area contributed by atoms with Gasteiger partial charge < -0.3 is 56.6 Å². The van der Waals surface area contributed by atoms with E-state index in [0.29, 0.717) is 0 Å². The van der Waals surface area contributed by atoms with Gasteiger partial charge in [-0.05, 0) is 48.3 Å². The zero-order valence-electron chi connectivity index (χ0n) is 37.4. The van der Waals surface area contributed by atoms with Gasteiger partial charge in [-0.3, -0.25) is 4.79 Å². The van der Waals surface area contributed by atoms with Gasteiger partial charge in [-0.1, -0.05) is 99.6 Å². The fourth-order valence-corrected chi connectivity index (χ4v) is 8.03. The number of ether oxygens (including phenoxy) is 10. The third-order valence-corrected chi connectivity index (χ3v) is 16.0. The molecule has 10 atom stereocenters. The maximum Gasteiger partial charge on any atom is 0.338 e. The van der Waals surface area contributed by atoms with Crippen LogP contribution in [0.25, 0.3) is 0 Å². The fraction of sp³-hybridized carbons (Fsp3) is 0.553. The number of carbonyl (C=O) groups is 3. The smallest absolute Gasteiger partial charge is 0.338 e. The Bertz CT molecular complexity index is 1820. The van der Waals surface area contributed by atoms with Gasteiger partial charge in [0.15, 0.2) is 33.1 Å². The van der Waals surface area contributed by atoms with E-state index in [1.807, 2.05) is 60.7 Å². The molecule has 0 N–H and O–H groups in total. The van der Waals surface area contributed by atoms with Crippen LogP contribution in [0.3, 0.4) is 0 Å². The molecular weight excluding hydrogens is 817 g/mol. The molecule has 3 aromatic rings. The van der Waals surface area contributed by atoms with Crippen molar-refractivity contribution in [1.82, 2.24) is 0 Å². The molecule has 2 aliphatic heterocycles. The first kappa shape index (κ1) is 49.1. The molecule has 14 nitrogen and oxygen atoms in total. The minimum absolute atomic E-state index is 0.0167. The van der Waals surface area contributed by atoms with Crippen LogP contribution < -0.4 is 0 Å². The van der Waals surface area contributed by atoms with Crippen molar-refractivity contribution in [1.29, 1.82) is 0 Å². The van der Waals surface area contributed by atoms with Crippen LogP contribution in [0, 0.1) is 0 Å². The molecule has 0 radical (unpaired) electrons. The Morgan fingerprint density at radius 3 is 1.73 bits per heavy atom. The van der Waals surface area contributed by atoms with Crippen molar-refractivity contribution in [3.63, 3.8) is 0 Å². The van der Waals surface area contributed by atoms with Gasteiger partial charge in [0.1, 0.15) is 42.4 Å². The number of hydrogen-bond acceptors (Lipinski definition) is 14. The summed E-state index contributed by atoms with van der Waals surface area (Å²) in [5.41, 5.74) is 2.14. The largest absolute Gasteiger partial charge is 0.457 e. The highest BCUT2D eigenvalue weighted by Crippen LogP contribution is 2.39. The first-order valence-corrected chi connectivity index (χ1v) is 24.0. The summed E-state index contributed by atoms with van der Waals surface area (Å²) in [5, 5.41) is -0.176. The first-order chi connectivity index (χ1) is 29.6. The molecule has 3 aromatic carbocycles. The van der Waals surface area contributed by atoms with Crippen molar-refractivity contribution in [3.8, 4) is 0 Å². The topological polar surface area (TPSA) is 153 Å². The van der Waals surface area contributed by atoms with Crippen molar-refractivity contribution >= 4 is 26.0 Å². The van der Waals surface area contributed by atoms with Crippen molar-refractivity contribution in [2.75, 3.05) is 34.5 Å². The molecular formula is C47H64O14Si. The zero-order valence-corrected chi connectivity index (χ0v) is 38.4. The third kappa shape index (κ3) is 13.3. The van der Waals surface area contributed by atoms with Gasteiger partial charge in [-0.2, -0.15) is 0 Å². The molecule has 340 valence electrons. The van der Waals surface area contributed by atoms with E-state index in [2.05, 4.69) is 33.9 Å². The summed E-state index contributed by atoms with van der Waals surface area (Å²) in [6, 6.07) is 27.8. The summed E-state index contributed by atoms with van der Waals surface area (Å²) in [6.07, 6.45) is -10.5. The monoisotopic (exact) mass is 880 g/mol. The van der Waals surface area contributed by atoms with Gasteiger partial charge in [0.2, 0.25) is 0 Å². The predicted molar refractivity (Wildman–Crippen MR) is 231 cm³/mol. The molecule has 5 rings (SSSR count). The molecule has 2 fully saturated rings. The summed E-state index contributed by atoms with van der Waals surface area (Å²) in [5.74, 6) is -1.51. The number of esters is 2. The number of carbonyl (C=O) groups excluding carboxylic acids is 3. The molecule has 0 amide bonds. The Labute approximate surface area is 366 Å².